The fourth-order valence-electron chi connectivity index (χ4n) is 9.48. The molecule has 248 valence electrons. The molecule has 0 spiro atoms. The van der Waals surface area contributed by atoms with Crippen molar-refractivity contribution in [3.05, 3.63) is 164 Å². The van der Waals surface area contributed by atoms with Gasteiger partial charge in [-0.05, 0) is 56.6 Å². The fraction of sp³-hybridized carbons (Fsp3) is 0. The molecule has 3 heterocycles. The van der Waals surface area contributed by atoms with E-state index in [2.05, 4.69) is 168 Å². The third-order valence-electron chi connectivity index (χ3n) is 11.7. The number of nitrogens with zero attached hydrogens (tertiary/aromatic N) is 3. The van der Waals surface area contributed by atoms with E-state index in [1.54, 1.807) is 0 Å². The van der Waals surface area contributed by atoms with Gasteiger partial charge in [-0.25, -0.2) is 9.97 Å². The van der Waals surface area contributed by atoms with Gasteiger partial charge in [0.1, 0.15) is 5.69 Å². The maximum atomic E-state index is 5.79. The topological polar surface area (TPSA) is 30.7 Å². The van der Waals surface area contributed by atoms with E-state index >= 15 is 0 Å². The first-order valence-electron chi connectivity index (χ1n) is 18.4. The maximum Gasteiger partial charge on any atom is 0.165 e. The molecule has 0 unspecified atom stereocenters. The van der Waals surface area contributed by atoms with E-state index in [0.717, 1.165) is 44.4 Å². The molecule has 0 aliphatic heterocycles. The quantitative estimate of drug-likeness (QED) is 0.168. The Hall–Kier alpha value is -6.88. The number of thiophene rings is 1. The first-order chi connectivity index (χ1) is 26.8. The first-order valence-corrected chi connectivity index (χ1v) is 19.2. The van der Waals surface area contributed by atoms with Gasteiger partial charge in [0.25, 0.3) is 0 Å². The highest BCUT2D eigenvalue weighted by Gasteiger charge is 2.29. The van der Waals surface area contributed by atoms with Crippen molar-refractivity contribution in [2.24, 2.45) is 0 Å². The molecule has 12 aromatic rings. The Bertz CT molecular complexity index is 3630. The number of aromatic nitrogens is 3. The Kier molecular flexibility index (Phi) is 5.51. The highest BCUT2D eigenvalue weighted by Crippen LogP contribution is 2.52. The summed E-state index contributed by atoms with van der Waals surface area (Å²) < 4.78 is 4.95. The lowest BCUT2D eigenvalue weighted by Gasteiger charge is -2.18. The molecule has 0 N–H and O–H groups in total. The second-order valence-electron chi connectivity index (χ2n) is 14.4. The van der Waals surface area contributed by atoms with Crippen molar-refractivity contribution >= 4 is 96.7 Å². The van der Waals surface area contributed by atoms with Gasteiger partial charge in [0.2, 0.25) is 0 Å². The van der Waals surface area contributed by atoms with Gasteiger partial charge in [0.15, 0.2) is 5.82 Å². The molecule has 54 heavy (non-hydrogen) atoms. The second-order valence-corrected chi connectivity index (χ2v) is 15.5. The van der Waals surface area contributed by atoms with Gasteiger partial charge in [0, 0.05) is 52.7 Å². The summed E-state index contributed by atoms with van der Waals surface area (Å²) in [6.07, 6.45) is 0. The number of rotatable bonds is 2. The Labute approximate surface area is 313 Å². The molecule has 3 aromatic heterocycles. The fourth-order valence-corrected chi connectivity index (χ4v) is 10.7. The summed E-state index contributed by atoms with van der Waals surface area (Å²) in [5.74, 6) is 0.844. The molecule has 0 saturated heterocycles. The lowest BCUT2D eigenvalue weighted by molar-refractivity contribution is 1.09. The number of benzene rings is 9. The second kappa shape index (κ2) is 10.4. The smallest absolute Gasteiger partial charge is 0.165 e. The van der Waals surface area contributed by atoms with Crippen molar-refractivity contribution in [2.75, 3.05) is 0 Å². The molecule has 0 saturated carbocycles. The van der Waals surface area contributed by atoms with Crippen LogP contribution in [0.5, 0.6) is 0 Å². The molecular formula is C50H27N3S. The van der Waals surface area contributed by atoms with Gasteiger partial charge in [-0.2, -0.15) is 0 Å². The first kappa shape index (κ1) is 28.7. The summed E-state index contributed by atoms with van der Waals surface area (Å²) in [6.45, 7) is 0. The summed E-state index contributed by atoms with van der Waals surface area (Å²) in [5, 5.41) is 12.3. The van der Waals surface area contributed by atoms with Crippen LogP contribution in [0.25, 0.3) is 125 Å². The predicted octanol–water partition coefficient (Wildman–Crippen LogP) is 13.9. The zero-order valence-corrected chi connectivity index (χ0v) is 29.7. The molecule has 13 rings (SSSR count). The highest BCUT2D eigenvalue weighted by molar-refractivity contribution is 7.26. The van der Waals surface area contributed by atoms with Gasteiger partial charge in [0.05, 0.1) is 22.1 Å². The van der Waals surface area contributed by atoms with Crippen LogP contribution in [0.3, 0.4) is 0 Å². The number of fused-ring (bicyclic) bond motifs is 12. The standard InChI is InChI=1S/C50H27N3S/c1-2-13-29-28(12-1)26-27-40-46(29)52-50(47(51-40)39-23-10-22-38-33-17-7-8-25-42(33)54-49(38)39)53-41-24-11-21-36-31-15-4-3-14-30(31)34-19-9-20-35-32-16-5-6-18-37(32)48(53)45(43(34)35)44(36)41/h1-27H. The third kappa shape index (κ3) is 3.60. The molecule has 9 aromatic carbocycles. The average Bonchev–Trinajstić information content (AvgIpc) is 3.76. The minimum Gasteiger partial charge on any atom is -0.291 e. The Morgan fingerprint density at radius 2 is 1.04 bits per heavy atom. The third-order valence-corrected chi connectivity index (χ3v) is 12.9. The molecule has 1 aliphatic rings. The average molecular weight is 702 g/mol. The molecular weight excluding hydrogens is 675 g/mol. The zero-order valence-electron chi connectivity index (χ0n) is 28.8. The van der Waals surface area contributed by atoms with Gasteiger partial charge < -0.3 is 0 Å². The molecule has 3 nitrogen and oxygen atoms in total. The largest absolute Gasteiger partial charge is 0.291 e. The molecule has 0 fully saturated rings. The minimum atomic E-state index is 0.844. The summed E-state index contributed by atoms with van der Waals surface area (Å²) in [4.78, 5) is 11.4. The van der Waals surface area contributed by atoms with Crippen molar-refractivity contribution in [2.45, 2.75) is 0 Å². The minimum absolute atomic E-state index is 0.844. The Balaban J connectivity index is 1.30. The van der Waals surface area contributed by atoms with E-state index in [9.17, 15) is 0 Å². The van der Waals surface area contributed by atoms with Crippen molar-refractivity contribution in [1.29, 1.82) is 0 Å². The van der Waals surface area contributed by atoms with Crippen LogP contribution >= 0.6 is 11.3 Å². The van der Waals surface area contributed by atoms with Gasteiger partial charge in [-0.3, -0.25) is 4.57 Å². The summed E-state index contributed by atoms with van der Waals surface area (Å²) in [5.41, 5.74) is 11.1. The van der Waals surface area contributed by atoms with Crippen molar-refractivity contribution in [3.63, 3.8) is 0 Å². The maximum absolute atomic E-state index is 5.79. The molecule has 0 atom stereocenters. The molecule has 0 radical (unpaired) electrons. The SMILES string of the molecule is c1ccc2c(c1)-c1cccc3c4ccccc4c4c(c13)c1c-2cccc1n4-c1nc2c(ccc3ccccc32)nc1-c1cccc2c1sc1ccccc12. The molecule has 0 amide bonds. The van der Waals surface area contributed by atoms with Crippen molar-refractivity contribution in [3.8, 4) is 39.3 Å². The van der Waals surface area contributed by atoms with Gasteiger partial charge >= 0.3 is 0 Å². The van der Waals surface area contributed by atoms with E-state index < -0.39 is 0 Å². The van der Waals surface area contributed by atoms with Crippen LogP contribution in [0, 0.1) is 0 Å². The van der Waals surface area contributed by atoms with E-state index in [4.69, 9.17) is 9.97 Å². The van der Waals surface area contributed by atoms with Crippen LogP contribution in [-0.2, 0) is 0 Å². The predicted molar refractivity (Wildman–Crippen MR) is 229 cm³/mol. The monoisotopic (exact) mass is 701 g/mol. The number of hydrogen-bond acceptors (Lipinski definition) is 3. The summed E-state index contributed by atoms with van der Waals surface area (Å²) in [6, 6.07) is 59.7. The molecule has 0 bridgehead atoms. The van der Waals surface area contributed by atoms with E-state index in [0.29, 0.717) is 0 Å². The normalized spacial score (nSPS) is 12.4. The lowest BCUT2D eigenvalue weighted by atomic mass is 9.91. The van der Waals surface area contributed by atoms with E-state index in [-0.39, 0.29) is 0 Å². The van der Waals surface area contributed by atoms with Crippen LogP contribution in [0.15, 0.2) is 164 Å². The Morgan fingerprint density at radius 3 is 1.89 bits per heavy atom. The lowest BCUT2D eigenvalue weighted by Crippen LogP contribution is -2.04. The summed E-state index contributed by atoms with van der Waals surface area (Å²) in [7, 11) is 0. The van der Waals surface area contributed by atoms with Crippen LogP contribution in [0.4, 0.5) is 0 Å². The molecule has 4 heteroatoms. The zero-order chi connectivity index (χ0) is 35.1. The van der Waals surface area contributed by atoms with Crippen LogP contribution < -0.4 is 0 Å². The number of hydrogen-bond donors (Lipinski definition) is 0. The summed E-state index contributed by atoms with van der Waals surface area (Å²) >= 11 is 1.84. The Morgan fingerprint density at radius 1 is 0.407 bits per heavy atom. The van der Waals surface area contributed by atoms with Gasteiger partial charge in [-0.15, -0.1) is 11.3 Å². The van der Waals surface area contributed by atoms with Crippen LogP contribution in [-0.4, -0.2) is 14.5 Å². The van der Waals surface area contributed by atoms with Crippen molar-refractivity contribution in [1.82, 2.24) is 14.5 Å². The molecule has 1 aliphatic carbocycles. The van der Waals surface area contributed by atoms with E-state index in [1.807, 2.05) is 11.3 Å². The highest BCUT2D eigenvalue weighted by atomic mass is 32.1. The van der Waals surface area contributed by atoms with Crippen LogP contribution in [0.1, 0.15) is 0 Å². The van der Waals surface area contributed by atoms with E-state index in [1.165, 1.54) is 80.3 Å². The van der Waals surface area contributed by atoms with Crippen LogP contribution in [0.2, 0.25) is 0 Å². The van der Waals surface area contributed by atoms with Gasteiger partial charge in [-0.1, -0.05) is 146 Å². The van der Waals surface area contributed by atoms with Crippen molar-refractivity contribution < 1.29 is 0 Å².